The Bertz CT molecular complexity index is 338. The van der Waals surface area contributed by atoms with E-state index in [1.807, 2.05) is 0 Å². The van der Waals surface area contributed by atoms with Gasteiger partial charge in [0.1, 0.15) is 12.4 Å². The standard InChI is InChI=1S/C12H15F2NO/c13-12(14)9-3-1-5-11(7-9)16-8-10-4-2-6-15-10/h1,3,5,7,10,12,15H,2,4,6,8H2. The number of halogens is 2. The van der Waals surface area contributed by atoms with Gasteiger partial charge in [0.15, 0.2) is 0 Å². The monoisotopic (exact) mass is 227 g/mol. The van der Waals surface area contributed by atoms with Gasteiger partial charge < -0.3 is 10.1 Å². The molecule has 1 aliphatic heterocycles. The summed E-state index contributed by atoms with van der Waals surface area (Å²) in [4.78, 5) is 0. The molecule has 4 heteroatoms. The summed E-state index contributed by atoms with van der Waals surface area (Å²) in [5.41, 5.74) is 0.0110. The van der Waals surface area contributed by atoms with Gasteiger partial charge in [-0.05, 0) is 31.5 Å². The van der Waals surface area contributed by atoms with E-state index in [1.54, 1.807) is 12.1 Å². The molecular formula is C12H15F2NO. The highest BCUT2D eigenvalue weighted by atomic mass is 19.3. The molecule has 1 N–H and O–H groups in total. The van der Waals surface area contributed by atoms with Crippen LogP contribution in [0.1, 0.15) is 24.8 Å². The first-order chi connectivity index (χ1) is 7.75. The summed E-state index contributed by atoms with van der Waals surface area (Å²) in [6, 6.07) is 6.47. The van der Waals surface area contributed by atoms with Crippen LogP contribution in [0.5, 0.6) is 5.75 Å². The lowest BCUT2D eigenvalue weighted by Crippen LogP contribution is -2.28. The lowest BCUT2D eigenvalue weighted by molar-refractivity contribution is 0.150. The van der Waals surface area contributed by atoms with Gasteiger partial charge in [-0.15, -0.1) is 0 Å². The highest BCUT2D eigenvalue weighted by Crippen LogP contribution is 2.23. The first-order valence-corrected chi connectivity index (χ1v) is 5.50. The Morgan fingerprint density at radius 1 is 1.44 bits per heavy atom. The van der Waals surface area contributed by atoms with Gasteiger partial charge in [-0.1, -0.05) is 12.1 Å². The Morgan fingerprint density at radius 3 is 3.00 bits per heavy atom. The maximum absolute atomic E-state index is 12.4. The summed E-state index contributed by atoms with van der Waals surface area (Å²) in [6.07, 6.45) is -0.187. The molecule has 16 heavy (non-hydrogen) atoms. The number of hydrogen-bond donors (Lipinski definition) is 1. The molecule has 88 valence electrons. The van der Waals surface area contributed by atoms with Crippen molar-refractivity contribution in [3.05, 3.63) is 29.8 Å². The summed E-state index contributed by atoms with van der Waals surface area (Å²) < 4.78 is 30.3. The van der Waals surface area contributed by atoms with Gasteiger partial charge in [0.25, 0.3) is 6.43 Å². The smallest absolute Gasteiger partial charge is 0.263 e. The Kier molecular flexibility index (Phi) is 3.72. The fourth-order valence-corrected chi connectivity index (χ4v) is 1.84. The SMILES string of the molecule is FC(F)c1cccc(OCC2CCCN2)c1. The molecule has 1 aromatic rings. The van der Waals surface area contributed by atoms with Crippen molar-refractivity contribution in [3.63, 3.8) is 0 Å². The molecule has 2 rings (SSSR count). The predicted octanol–water partition coefficient (Wildman–Crippen LogP) is 2.75. The topological polar surface area (TPSA) is 21.3 Å². The average Bonchev–Trinajstić information content (AvgIpc) is 2.79. The van der Waals surface area contributed by atoms with Gasteiger partial charge in [-0.2, -0.15) is 0 Å². The van der Waals surface area contributed by atoms with Gasteiger partial charge in [-0.25, -0.2) is 8.78 Å². The average molecular weight is 227 g/mol. The minimum Gasteiger partial charge on any atom is -0.492 e. The molecule has 1 aliphatic rings. The minimum atomic E-state index is -2.44. The van der Waals surface area contributed by atoms with E-state index in [0.29, 0.717) is 18.4 Å². The summed E-state index contributed by atoms with van der Waals surface area (Å²) in [5.74, 6) is 0.520. The Balaban J connectivity index is 1.90. The van der Waals surface area contributed by atoms with Crippen LogP contribution >= 0.6 is 0 Å². The molecule has 1 aromatic carbocycles. The highest BCUT2D eigenvalue weighted by Gasteiger charge is 2.14. The largest absolute Gasteiger partial charge is 0.492 e. The Morgan fingerprint density at radius 2 is 2.31 bits per heavy atom. The zero-order valence-electron chi connectivity index (χ0n) is 8.96. The zero-order valence-corrected chi connectivity index (χ0v) is 8.96. The minimum absolute atomic E-state index is 0.0110. The van der Waals surface area contributed by atoms with Crippen molar-refractivity contribution >= 4 is 0 Å². The summed E-state index contributed by atoms with van der Waals surface area (Å²) in [7, 11) is 0. The number of nitrogens with one attached hydrogen (secondary N) is 1. The van der Waals surface area contributed by atoms with Gasteiger partial charge >= 0.3 is 0 Å². The van der Waals surface area contributed by atoms with Crippen molar-refractivity contribution < 1.29 is 13.5 Å². The van der Waals surface area contributed by atoms with Crippen molar-refractivity contribution in [1.29, 1.82) is 0 Å². The van der Waals surface area contributed by atoms with Crippen molar-refractivity contribution in [2.45, 2.75) is 25.3 Å². The van der Waals surface area contributed by atoms with Crippen LogP contribution < -0.4 is 10.1 Å². The van der Waals surface area contributed by atoms with E-state index < -0.39 is 6.43 Å². The number of benzene rings is 1. The number of alkyl halides is 2. The molecule has 2 nitrogen and oxygen atoms in total. The maximum Gasteiger partial charge on any atom is 0.263 e. The third kappa shape index (κ3) is 2.92. The van der Waals surface area contributed by atoms with Gasteiger partial charge in [0.2, 0.25) is 0 Å². The van der Waals surface area contributed by atoms with Crippen LogP contribution in [0.15, 0.2) is 24.3 Å². The van der Waals surface area contributed by atoms with Crippen LogP contribution in [-0.2, 0) is 0 Å². The third-order valence-corrected chi connectivity index (χ3v) is 2.72. The lowest BCUT2D eigenvalue weighted by atomic mass is 10.2. The quantitative estimate of drug-likeness (QED) is 0.854. The van der Waals surface area contributed by atoms with Crippen molar-refractivity contribution in [1.82, 2.24) is 5.32 Å². The maximum atomic E-state index is 12.4. The lowest BCUT2D eigenvalue weighted by Gasteiger charge is -2.12. The van der Waals surface area contributed by atoms with E-state index in [-0.39, 0.29) is 5.56 Å². The van der Waals surface area contributed by atoms with Gasteiger partial charge in [0.05, 0.1) is 0 Å². The van der Waals surface area contributed by atoms with E-state index in [1.165, 1.54) is 12.1 Å². The zero-order chi connectivity index (χ0) is 11.4. The fourth-order valence-electron chi connectivity index (χ4n) is 1.84. The second-order valence-corrected chi connectivity index (χ2v) is 3.98. The molecular weight excluding hydrogens is 212 g/mol. The van der Waals surface area contributed by atoms with E-state index >= 15 is 0 Å². The number of rotatable bonds is 4. The molecule has 0 amide bonds. The van der Waals surface area contributed by atoms with Gasteiger partial charge in [0, 0.05) is 11.6 Å². The molecule has 0 aromatic heterocycles. The van der Waals surface area contributed by atoms with Crippen molar-refractivity contribution in [3.8, 4) is 5.75 Å². The van der Waals surface area contributed by atoms with Crippen LogP contribution in [-0.4, -0.2) is 19.2 Å². The fraction of sp³-hybridized carbons (Fsp3) is 0.500. The molecule has 1 saturated heterocycles. The van der Waals surface area contributed by atoms with Gasteiger partial charge in [-0.3, -0.25) is 0 Å². The molecule has 0 aliphatic carbocycles. The molecule has 0 saturated carbocycles. The summed E-state index contributed by atoms with van der Waals surface area (Å²) in [6.45, 7) is 1.57. The van der Waals surface area contributed by atoms with E-state index in [2.05, 4.69) is 5.32 Å². The molecule has 1 atom stereocenters. The van der Waals surface area contributed by atoms with E-state index in [0.717, 1.165) is 19.4 Å². The van der Waals surface area contributed by atoms with Crippen molar-refractivity contribution in [2.24, 2.45) is 0 Å². The van der Waals surface area contributed by atoms with E-state index in [9.17, 15) is 8.78 Å². The molecule has 0 radical (unpaired) electrons. The molecule has 0 spiro atoms. The molecule has 1 unspecified atom stereocenters. The summed E-state index contributed by atoms with van der Waals surface area (Å²) >= 11 is 0. The van der Waals surface area contributed by atoms with Crippen molar-refractivity contribution in [2.75, 3.05) is 13.2 Å². The number of ether oxygens (including phenoxy) is 1. The second-order valence-electron chi connectivity index (χ2n) is 3.98. The van der Waals surface area contributed by atoms with Crippen LogP contribution in [0.25, 0.3) is 0 Å². The van der Waals surface area contributed by atoms with Crippen LogP contribution in [0, 0.1) is 0 Å². The Labute approximate surface area is 93.6 Å². The molecule has 1 fully saturated rings. The predicted molar refractivity (Wildman–Crippen MR) is 57.9 cm³/mol. The second kappa shape index (κ2) is 5.25. The normalized spacial score (nSPS) is 20.3. The summed E-state index contributed by atoms with van der Waals surface area (Å²) in [5, 5.41) is 3.29. The van der Waals surface area contributed by atoms with Crippen LogP contribution in [0.4, 0.5) is 8.78 Å². The molecule has 1 heterocycles. The Hall–Kier alpha value is -1.16. The van der Waals surface area contributed by atoms with E-state index in [4.69, 9.17) is 4.74 Å². The third-order valence-electron chi connectivity index (χ3n) is 2.72. The number of hydrogen-bond acceptors (Lipinski definition) is 2. The molecule has 0 bridgehead atoms. The van der Waals surface area contributed by atoms with Crippen LogP contribution in [0.2, 0.25) is 0 Å². The first kappa shape index (κ1) is 11.3. The first-order valence-electron chi connectivity index (χ1n) is 5.50. The highest BCUT2D eigenvalue weighted by molar-refractivity contribution is 5.29. The van der Waals surface area contributed by atoms with Crippen LogP contribution in [0.3, 0.4) is 0 Å².